The second-order valence-corrected chi connectivity index (χ2v) is 1.18. The van der Waals surface area contributed by atoms with Gasteiger partial charge in [-0.1, -0.05) is 0 Å². The first-order chi connectivity index (χ1) is 3.27. The Labute approximate surface area is 43.5 Å². The first-order valence-corrected chi connectivity index (χ1v) is 2.22. The van der Waals surface area contributed by atoms with Gasteiger partial charge in [0.15, 0.2) is 5.78 Å². The fraction of sp³-hybridized carbons (Fsp3) is 0.600. The van der Waals surface area contributed by atoms with Crippen molar-refractivity contribution in [3.8, 4) is 0 Å². The molecular weight excluding hydrogens is 92.1 g/mol. The molecule has 2 nitrogen and oxygen atoms in total. The summed E-state index contributed by atoms with van der Waals surface area (Å²) < 4.78 is 4.62. The molecule has 0 heterocycles. The van der Waals surface area contributed by atoms with E-state index in [2.05, 4.69) is 4.74 Å². The Balaban J connectivity index is 2.82. The van der Waals surface area contributed by atoms with Gasteiger partial charge in [0.1, 0.15) is 6.61 Å². The van der Waals surface area contributed by atoms with Crippen LogP contribution in [0.5, 0.6) is 0 Å². The van der Waals surface area contributed by atoms with Crippen LogP contribution in [-0.4, -0.2) is 12.4 Å². The second kappa shape index (κ2) is 3.81. The molecule has 0 N–H and O–H groups in total. The SMILES string of the molecule is CCO[CH]C(C)=O. The molecule has 41 valence electrons. The van der Waals surface area contributed by atoms with Gasteiger partial charge in [0, 0.05) is 6.61 Å². The number of Topliss-reactive ketones (excluding diaryl/α,β-unsaturated/α-hetero) is 1. The zero-order valence-corrected chi connectivity index (χ0v) is 4.60. The van der Waals surface area contributed by atoms with E-state index in [4.69, 9.17) is 0 Å². The molecule has 0 saturated heterocycles. The Kier molecular flexibility index (Phi) is 3.61. The van der Waals surface area contributed by atoms with Crippen molar-refractivity contribution in [1.29, 1.82) is 0 Å². The maximum atomic E-state index is 10.0. The van der Waals surface area contributed by atoms with Crippen molar-refractivity contribution < 1.29 is 9.53 Å². The Bertz CT molecular complexity index is 59.1. The lowest BCUT2D eigenvalue weighted by molar-refractivity contribution is -0.117. The summed E-state index contributed by atoms with van der Waals surface area (Å²) in [6.07, 6.45) is 0. The number of carbonyl (C=O) groups is 1. The molecule has 7 heavy (non-hydrogen) atoms. The first kappa shape index (κ1) is 6.63. The van der Waals surface area contributed by atoms with E-state index in [-0.39, 0.29) is 5.78 Å². The van der Waals surface area contributed by atoms with Crippen molar-refractivity contribution in [2.45, 2.75) is 13.8 Å². The molecule has 0 fully saturated rings. The number of hydrogen-bond donors (Lipinski definition) is 0. The zero-order valence-electron chi connectivity index (χ0n) is 4.60. The van der Waals surface area contributed by atoms with Gasteiger partial charge < -0.3 is 4.74 Å². The molecule has 0 amide bonds. The van der Waals surface area contributed by atoms with Crippen LogP contribution in [-0.2, 0) is 9.53 Å². The van der Waals surface area contributed by atoms with Crippen molar-refractivity contribution in [2.75, 3.05) is 6.61 Å². The van der Waals surface area contributed by atoms with Crippen molar-refractivity contribution in [3.63, 3.8) is 0 Å². The summed E-state index contributed by atoms with van der Waals surface area (Å²) in [6, 6.07) is 0. The van der Waals surface area contributed by atoms with Crippen LogP contribution in [0.15, 0.2) is 0 Å². The van der Waals surface area contributed by atoms with Crippen LogP contribution in [0.2, 0.25) is 0 Å². The van der Waals surface area contributed by atoms with Gasteiger partial charge in [-0.05, 0) is 13.8 Å². The van der Waals surface area contributed by atoms with Gasteiger partial charge in [0.25, 0.3) is 0 Å². The van der Waals surface area contributed by atoms with Crippen molar-refractivity contribution >= 4 is 5.78 Å². The van der Waals surface area contributed by atoms with Crippen molar-refractivity contribution in [3.05, 3.63) is 6.61 Å². The molecule has 0 bridgehead atoms. The summed E-state index contributed by atoms with van der Waals surface area (Å²) in [5.74, 6) is -0.0400. The highest BCUT2D eigenvalue weighted by atomic mass is 16.5. The fourth-order valence-electron chi connectivity index (χ4n) is 0.201. The Hall–Kier alpha value is -0.370. The highest BCUT2D eigenvalue weighted by molar-refractivity contribution is 5.82. The molecular formula is C5H9O2. The summed E-state index contributed by atoms with van der Waals surface area (Å²) in [5, 5.41) is 0. The maximum absolute atomic E-state index is 10.0. The van der Waals surface area contributed by atoms with Gasteiger partial charge in [0.05, 0.1) is 0 Å². The molecule has 0 atom stereocenters. The van der Waals surface area contributed by atoms with Gasteiger partial charge in [-0.15, -0.1) is 0 Å². The van der Waals surface area contributed by atoms with E-state index >= 15 is 0 Å². The molecule has 0 aromatic carbocycles. The monoisotopic (exact) mass is 101 g/mol. The van der Waals surface area contributed by atoms with Crippen LogP contribution in [0.25, 0.3) is 0 Å². The van der Waals surface area contributed by atoms with Crippen LogP contribution in [0.1, 0.15) is 13.8 Å². The molecule has 2 heteroatoms. The van der Waals surface area contributed by atoms with Gasteiger partial charge in [-0.25, -0.2) is 0 Å². The standard InChI is InChI=1S/C5H9O2/c1-3-7-4-5(2)6/h4H,3H2,1-2H3. The highest BCUT2D eigenvalue weighted by Gasteiger charge is 1.88. The van der Waals surface area contributed by atoms with Gasteiger partial charge in [0.2, 0.25) is 0 Å². The van der Waals surface area contributed by atoms with Crippen LogP contribution in [0, 0.1) is 6.61 Å². The third kappa shape index (κ3) is 5.63. The fourth-order valence-corrected chi connectivity index (χ4v) is 0.201. The largest absolute Gasteiger partial charge is 0.368 e. The van der Waals surface area contributed by atoms with E-state index in [1.165, 1.54) is 13.5 Å². The number of ether oxygens (including phenoxy) is 1. The normalized spacial score (nSPS) is 8.86. The molecule has 0 aliphatic heterocycles. The summed E-state index contributed by atoms with van der Waals surface area (Å²) >= 11 is 0. The number of hydrogen-bond acceptors (Lipinski definition) is 2. The first-order valence-electron chi connectivity index (χ1n) is 2.22. The predicted octanol–water partition coefficient (Wildman–Crippen LogP) is 0.774. The minimum absolute atomic E-state index is 0.0400. The van der Waals surface area contributed by atoms with Gasteiger partial charge >= 0.3 is 0 Å². The molecule has 0 saturated carbocycles. The molecule has 0 spiro atoms. The summed E-state index contributed by atoms with van der Waals surface area (Å²) in [5.41, 5.74) is 0. The number of rotatable bonds is 3. The summed E-state index contributed by atoms with van der Waals surface area (Å²) in [4.78, 5) is 10.0. The summed E-state index contributed by atoms with van der Waals surface area (Å²) in [7, 11) is 0. The van der Waals surface area contributed by atoms with E-state index in [0.717, 1.165) is 0 Å². The van der Waals surface area contributed by atoms with Crippen LogP contribution < -0.4 is 0 Å². The minimum atomic E-state index is -0.0400. The Morgan fingerprint density at radius 2 is 2.43 bits per heavy atom. The van der Waals surface area contributed by atoms with Crippen molar-refractivity contribution in [2.24, 2.45) is 0 Å². The second-order valence-electron chi connectivity index (χ2n) is 1.18. The smallest absolute Gasteiger partial charge is 0.161 e. The van der Waals surface area contributed by atoms with E-state index < -0.39 is 0 Å². The quantitative estimate of drug-likeness (QED) is 0.525. The predicted molar refractivity (Wildman–Crippen MR) is 26.6 cm³/mol. The average molecular weight is 101 g/mol. The van der Waals surface area contributed by atoms with Gasteiger partial charge in [-0.3, -0.25) is 4.79 Å². The van der Waals surface area contributed by atoms with Crippen LogP contribution >= 0.6 is 0 Å². The lowest BCUT2D eigenvalue weighted by Crippen LogP contribution is -1.94. The Morgan fingerprint density at radius 1 is 1.86 bits per heavy atom. The van der Waals surface area contributed by atoms with Crippen LogP contribution in [0.4, 0.5) is 0 Å². The Morgan fingerprint density at radius 3 is 2.57 bits per heavy atom. The topological polar surface area (TPSA) is 26.3 Å². The zero-order chi connectivity index (χ0) is 5.70. The van der Waals surface area contributed by atoms with E-state index in [1.807, 2.05) is 6.92 Å². The molecule has 0 unspecified atom stereocenters. The molecule has 0 aromatic heterocycles. The minimum Gasteiger partial charge on any atom is -0.368 e. The number of carbonyl (C=O) groups excluding carboxylic acids is 1. The number of ketones is 1. The maximum Gasteiger partial charge on any atom is 0.161 e. The summed E-state index contributed by atoms with van der Waals surface area (Å²) in [6.45, 7) is 5.06. The lowest BCUT2D eigenvalue weighted by Gasteiger charge is -1.90. The molecule has 0 aliphatic rings. The highest BCUT2D eigenvalue weighted by Crippen LogP contribution is 1.79. The molecule has 0 aliphatic carbocycles. The van der Waals surface area contributed by atoms with E-state index in [0.29, 0.717) is 6.61 Å². The average Bonchev–Trinajstić information content (AvgIpc) is 1.61. The van der Waals surface area contributed by atoms with E-state index in [1.54, 1.807) is 0 Å². The third-order valence-electron chi connectivity index (χ3n) is 0.416. The van der Waals surface area contributed by atoms with Gasteiger partial charge in [-0.2, -0.15) is 0 Å². The van der Waals surface area contributed by atoms with Crippen LogP contribution in [0.3, 0.4) is 0 Å². The lowest BCUT2D eigenvalue weighted by atomic mass is 10.5. The molecule has 0 aromatic rings. The molecule has 0 rings (SSSR count). The molecule has 1 radical (unpaired) electrons. The third-order valence-corrected chi connectivity index (χ3v) is 0.416. The van der Waals surface area contributed by atoms with E-state index in [9.17, 15) is 4.79 Å². The van der Waals surface area contributed by atoms with Crippen molar-refractivity contribution in [1.82, 2.24) is 0 Å².